The highest BCUT2D eigenvalue weighted by Crippen LogP contribution is 2.37. The molecule has 1 aromatic heterocycles. The summed E-state index contributed by atoms with van der Waals surface area (Å²) >= 11 is 5.85. The maximum atomic E-state index is 13.3. The molecule has 0 bridgehead atoms. The lowest BCUT2D eigenvalue weighted by molar-refractivity contribution is -0.142. The second-order valence-electron chi connectivity index (χ2n) is 4.82. The van der Waals surface area contributed by atoms with Crippen molar-refractivity contribution >= 4 is 11.6 Å². The quantitative estimate of drug-likeness (QED) is 0.720. The summed E-state index contributed by atoms with van der Waals surface area (Å²) in [6.07, 6.45) is -4.59. The molecule has 2 aromatic carbocycles. The average molecular weight is 339 g/mol. The Kier molecular flexibility index (Phi) is 3.77. The van der Waals surface area contributed by atoms with Gasteiger partial charge in [-0.05, 0) is 36.4 Å². The fourth-order valence-corrected chi connectivity index (χ4v) is 2.37. The van der Waals surface area contributed by atoms with Crippen molar-refractivity contribution in [1.82, 2.24) is 9.78 Å². The Bertz CT molecular complexity index is 844. The Balaban J connectivity index is 2.22. The largest absolute Gasteiger partial charge is 0.507 e. The van der Waals surface area contributed by atoms with Crippen LogP contribution < -0.4 is 0 Å². The van der Waals surface area contributed by atoms with Crippen LogP contribution in [0.25, 0.3) is 16.9 Å². The Morgan fingerprint density at radius 2 is 1.70 bits per heavy atom. The van der Waals surface area contributed by atoms with E-state index in [1.807, 2.05) is 0 Å². The standard InChI is InChI=1S/C16H10ClF3N2O/c17-10-6-7-14(23)12(8-10)13-9-15(16(18,19)20)22(21-13)11-4-2-1-3-5-11/h1-9,23H. The molecule has 0 spiro atoms. The molecule has 0 saturated carbocycles. The smallest absolute Gasteiger partial charge is 0.433 e. The molecule has 1 N–H and O–H groups in total. The fraction of sp³-hybridized carbons (Fsp3) is 0.0625. The lowest BCUT2D eigenvalue weighted by atomic mass is 10.1. The van der Waals surface area contributed by atoms with E-state index in [0.29, 0.717) is 5.02 Å². The Hall–Kier alpha value is -2.47. The van der Waals surface area contributed by atoms with Crippen molar-refractivity contribution < 1.29 is 18.3 Å². The maximum absolute atomic E-state index is 13.3. The van der Waals surface area contributed by atoms with Crippen LogP contribution in [-0.4, -0.2) is 14.9 Å². The summed E-state index contributed by atoms with van der Waals surface area (Å²) in [6, 6.07) is 13.0. The number of aromatic nitrogens is 2. The van der Waals surface area contributed by atoms with Gasteiger partial charge in [-0.3, -0.25) is 0 Å². The SMILES string of the molecule is Oc1ccc(Cl)cc1-c1cc(C(F)(F)F)n(-c2ccccc2)n1. The number of aromatic hydroxyl groups is 1. The predicted molar refractivity (Wildman–Crippen MR) is 80.7 cm³/mol. The van der Waals surface area contributed by atoms with E-state index < -0.39 is 11.9 Å². The number of benzene rings is 2. The number of rotatable bonds is 2. The second kappa shape index (κ2) is 5.62. The van der Waals surface area contributed by atoms with Crippen LogP contribution in [0.5, 0.6) is 5.75 Å². The summed E-state index contributed by atoms with van der Waals surface area (Å²) in [4.78, 5) is 0. The zero-order valence-corrected chi connectivity index (χ0v) is 12.3. The molecular formula is C16H10ClF3N2O. The van der Waals surface area contributed by atoms with Gasteiger partial charge in [-0.2, -0.15) is 18.3 Å². The highest BCUT2D eigenvalue weighted by molar-refractivity contribution is 6.30. The van der Waals surface area contributed by atoms with Gasteiger partial charge in [-0.1, -0.05) is 29.8 Å². The number of alkyl halides is 3. The van der Waals surface area contributed by atoms with Gasteiger partial charge in [-0.25, -0.2) is 4.68 Å². The molecule has 1 heterocycles. The summed E-state index contributed by atoms with van der Waals surface area (Å²) in [5.74, 6) is -0.194. The van der Waals surface area contributed by atoms with Crippen molar-refractivity contribution in [3.63, 3.8) is 0 Å². The van der Waals surface area contributed by atoms with Gasteiger partial charge in [-0.15, -0.1) is 0 Å². The molecule has 23 heavy (non-hydrogen) atoms. The molecule has 3 nitrogen and oxygen atoms in total. The van der Waals surface area contributed by atoms with Crippen LogP contribution in [0.1, 0.15) is 5.69 Å². The van der Waals surface area contributed by atoms with Crippen LogP contribution in [-0.2, 0) is 6.18 Å². The number of halogens is 4. The van der Waals surface area contributed by atoms with Crippen LogP contribution >= 0.6 is 11.6 Å². The first-order chi connectivity index (χ1) is 10.9. The van der Waals surface area contributed by atoms with Crippen LogP contribution in [0.15, 0.2) is 54.6 Å². The Morgan fingerprint density at radius 3 is 2.35 bits per heavy atom. The van der Waals surface area contributed by atoms with Gasteiger partial charge in [0.2, 0.25) is 0 Å². The number of hydrogen-bond donors (Lipinski definition) is 1. The van der Waals surface area contributed by atoms with E-state index in [1.165, 1.54) is 30.3 Å². The molecule has 0 amide bonds. The monoisotopic (exact) mass is 338 g/mol. The van der Waals surface area contributed by atoms with E-state index in [9.17, 15) is 18.3 Å². The fourth-order valence-electron chi connectivity index (χ4n) is 2.19. The van der Waals surface area contributed by atoms with Crippen molar-refractivity contribution in [2.45, 2.75) is 6.18 Å². The van der Waals surface area contributed by atoms with E-state index in [-0.39, 0.29) is 22.7 Å². The van der Waals surface area contributed by atoms with Gasteiger partial charge in [0, 0.05) is 10.6 Å². The minimum absolute atomic E-state index is 0.0128. The molecule has 7 heteroatoms. The third-order valence-corrected chi connectivity index (χ3v) is 3.47. The second-order valence-corrected chi connectivity index (χ2v) is 5.26. The van der Waals surface area contributed by atoms with Crippen molar-refractivity contribution in [1.29, 1.82) is 0 Å². The van der Waals surface area contributed by atoms with Gasteiger partial charge in [0.15, 0.2) is 0 Å². The summed E-state index contributed by atoms with van der Waals surface area (Å²) in [6.45, 7) is 0. The number of phenols is 1. The molecule has 0 aliphatic rings. The maximum Gasteiger partial charge on any atom is 0.433 e. The third-order valence-electron chi connectivity index (χ3n) is 3.24. The molecule has 0 radical (unpaired) electrons. The zero-order chi connectivity index (χ0) is 16.6. The third kappa shape index (κ3) is 3.03. The molecule has 0 unspecified atom stereocenters. The van der Waals surface area contributed by atoms with E-state index in [0.717, 1.165) is 10.7 Å². The first kappa shape index (κ1) is 15.4. The first-order valence-corrected chi connectivity index (χ1v) is 6.95. The van der Waals surface area contributed by atoms with E-state index in [2.05, 4.69) is 5.10 Å². The van der Waals surface area contributed by atoms with E-state index >= 15 is 0 Å². The first-order valence-electron chi connectivity index (χ1n) is 6.58. The van der Waals surface area contributed by atoms with Crippen molar-refractivity contribution in [3.05, 3.63) is 65.3 Å². The van der Waals surface area contributed by atoms with E-state index in [4.69, 9.17) is 11.6 Å². The molecular weight excluding hydrogens is 329 g/mol. The van der Waals surface area contributed by atoms with E-state index in [1.54, 1.807) is 18.2 Å². The van der Waals surface area contributed by atoms with Gasteiger partial charge in [0.05, 0.1) is 11.4 Å². The van der Waals surface area contributed by atoms with Crippen LogP contribution in [0.2, 0.25) is 5.02 Å². The highest BCUT2D eigenvalue weighted by atomic mass is 35.5. The molecule has 118 valence electrons. The minimum atomic E-state index is -4.59. The highest BCUT2D eigenvalue weighted by Gasteiger charge is 2.36. The molecule has 0 aliphatic carbocycles. The Morgan fingerprint density at radius 1 is 1.00 bits per heavy atom. The summed E-state index contributed by atoms with van der Waals surface area (Å²) in [5, 5.41) is 14.2. The Labute approximate surface area is 134 Å². The number of para-hydroxylation sites is 1. The van der Waals surface area contributed by atoms with Crippen molar-refractivity contribution in [2.24, 2.45) is 0 Å². The topological polar surface area (TPSA) is 38.0 Å². The number of hydrogen-bond acceptors (Lipinski definition) is 2. The van der Waals surface area contributed by atoms with Crippen LogP contribution in [0.4, 0.5) is 13.2 Å². The van der Waals surface area contributed by atoms with Crippen LogP contribution in [0.3, 0.4) is 0 Å². The van der Waals surface area contributed by atoms with Gasteiger partial charge in [0.25, 0.3) is 0 Å². The van der Waals surface area contributed by atoms with Gasteiger partial charge in [0.1, 0.15) is 11.4 Å². The minimum Gasteiger partial charge on any atom is -0.507 e. The van der Waals surface area contributed by atoms with Gasteiger partial charge < -0.3 is 5.11 Å². The average Bonchev–Trinajstić information content (AvgIpc) is 2.96. The summed E-state index contributed by atoms with van der Waals surface area (Å²) < 4.78 is 40.7. The molecule has 0 fully saturated rings. The van der Waals surface area contributed by atoms with Gasteiger partial charge >= 0.3 is 6.18 Å². The summed E-state index contributed by atoms with van der Waals surface area (Å²) in [5.41, 5.74) is -0.537. The normalized spacial score (nSPS) is 11.7. The molecule has 3 aromatic rings. The summed E-state index contributed by atoms with van der Waals surface area (Å²) in [7, 11) is 0. The van der Waals surface area contributed by atoms with Crippen LogP contribution in [0, 0.1) is 0 Å². The lowest BCUT2D eigenvalue weighted by Gasteiger charge is -2.09. The molecule has 0 saturated heterocycles. The lowest BCUT2D eigenvalue weighted by Crippen LogP contribution is -2.13. The zero-order valence-electron chi connectivity index (χ0n) is 11.5. The predicted octanol–water partition coefficient (Wildman–Crippen LogP) is 4.92. The number of nitrogens with zero attached hydrogens (tertiary/aromatic N) is 2. The van der Waals surface area contributed by atoms with Crippen molar-refractivity contribution in [3.8, 4) is 22.7 Å². The molecule has 0 aliphatic heterocycles. The number of phenolic OH excluding ortho intramolecular Hbond substituents is 1. The van der Waals surface area contributed by atoms with Crippen molar-refractivity contribution in [2.75, 3.05) is 0 Å². The molecule has 0 atom stereocenters. The molecule has 3 rings (SSSR count).